The molecule has 1 fully saturated rings. The summed E-state index contributed by atoms with van der Waals surface area (Å²) in [6.07, 6.45) is 4.63. The first-order valence-corrected chi connectivity index (χ1v) is 16.5. The van der Waals surface area contributed by atoms with Gasteiger partial charge in [-0.2, -0.15) is 8.42 Å². The highest BCUT2D eigenvalue weighted by molar-refractivity contribution is 7.85. The number of carbonyl (C=O) groups is 1. The number of benzene rings is 1. The summed E-state index contributed by atoms with van der Waals surface area (Å²) in [4.78, 5) is 16.6. The number of rotatable bonds is 13. The summed E-state index contributed by atoms with van der Waals surface area (Å²) < 4.78 is 38.7. The molecule has 1 aliphatic carbocycles. The molecule has 0 bridgehead atoms. The quantitative estimate of drug-likeness (QED) is 0.230. The predicted octanol–water partition coefficient (Wildman–Crippen LogP) is 4.43. The molecule has 0 radical (unpaired) electrons. The van der Waals surface area contributed by atoms with Gasteiger partial charge >= 0.3 is 5.97 Å². The van der Waals surface area contributed by atoms with Crippen LogP contribution in [0.2, 0.25) is 0 Å². The molecule has 11 heteroatoms. The van der Waals surface area contributed by atoms with Crippen molar-refractivity contribution < 1.29 is 32.0 Å². The van der Waals surface area contributed by atoms with Crippen LogP contribution in [0, 0.1) is 0 Å². The van der Waals surface area contributed by atoms with E-state index >= 15 is 0 Å². The van der Waals surface area contributed by atoms with Gasteiger partial charge in [0, 0.05) is 12.6 Å². The number of ether oxygens (including phenoxy) is 2. The Hall–Kier alpha value is -2.28. The zero-order valence-electron chi connectivity index (χ0n) is 22.2. The largest absolute Gasteiger partial charge is 0.492 e. The molecule has 3 aromatic rings. The minimum Gasteiger partial charge on any atom is -0.492 e. The first-order chi connectivity index (χ1) is 18.6. The van der Waals surface area contributed by atoms with Crippen LogP contribution in [-0.2, 0) is 35.9 Å². The summed E-state index contributed by atoms with van der Waals surface area (Å²) in [5, 5.41) is 15.1. The summed E-state index contributed by atoms with van der Waals surface area (Å²) in [7, 11) is -1.34. The van der Waals surface area contributed by atoms with Gasteiger partial charge in [-0.1, -0.05) is 24.3 Å². The van der Waals surface area contributed by atoms with Crippen LogP contribution in [-0.4, -0.2) is 69.6 Å². The Morgan fingerprint density at radius 2 is 1.62 bits per heavy atom. The molecule has 2 heterocycles. The van der Waals surface area contributed by atoms with E-state index in [1.807, 2.05) is 47.2 Å². The van der Waals surface area contributed by atoms with Crippen LogP contribution in [0.25, 0.3) is 0 Å². The van der Waals surface area contributed by atoms with Gasteiger partial charge in [0.2, 0.25) is 5.60 Å². The Bertz CT molecular complexity index is 1230. The average molecular weight is 594 g/mol. The lowest BCUT2D eigenvalue weighted by Crippen LogP contribution is -2.42. The maximum Gasteiger partial charge on any atom is 0.349 e. The maximum absolute atomic E-state index is 13.2. The van der Waals surface area contributed by atoms with Gasteiger partial charge in [0.1, 0.15) is 18.5 Å². The van der Waals surface area contributed by atoms with E-state index in [1.165, 1.54) is 22.7 Å². The molecular weight excluding hydrogens is 559 g/mol. The zero-order chi connectivity index (χ0) is 27.9. The highest BCUT2D eigenvalue weighted by Gasteiger charge is 2.45. The fraction of sp³-hybridized carbons (Fsp3) is 0.464. The molecule has 1 aliphatic rings. The Morgan fingerprint density at radius 1 is 1.00 bits per heavy atom. The Balaban J connectivity index is 1.19. The fourth-order valence-electron chi connectivity index (χ4n) is 4.69. The summed E-state index contributed by atoms with van der Waals surface area (Å²) in [6.45, 7) is 1.42. The smallest absolute Gasteiger partial charge is 0.349 e. The van der Waals surface area contributed by atoms with E-state index in [1.54, 1.807) is 12.1 Å². The molecule has 0 atom stereocenters. The fourth-order valence-corrected chi connectivity index (χ4v) is 6.79. The van der Waals surface area contributed by atoms with E-state index in [0.717, 1.165) is 49.8 Å². The first-order valence-electron chi connectivity index (χ1n) is 12.9. The Labute approximate surface area is 238 Å². The van der Waals surface area contributed by atoms with Crippen molar-refractivity contribution in [3.63, 3.8) is 0 Å². The van der Waals surface area contributed by atoms with Crippen LogP contribution in [0.4, 0.5) is 0 Å². The number of hydrogen-bond donors (Lipinski definition) is 1. The molecular formula is C28H35NO7S3. The molecule has 1 saturated carbocycles. The summed E-state index contributed by atoms with van der Waals surface area (Å²) in [5.74, 6) is 0.155. The molecule has 4 rings (SSSR count). The Morgan fingerprint density at radius 3 is 2.15 bits per heavy atom. The lowest BCUT2D eigenvalue weighted by Gasteiger charge is -2.35. The minimum atomic E-state index is -3.42. The zero-order valence-corrected chi connectivity index (χ0v) is 24.6. The molecule has 0 unspecified atom stereocenters. The third-order valence-corrected chi connectivity index (χ3v) is 9.47. The van der Waals surface area contributed by atoms with Crippen molar-refractivity contribution in [2.75, 3.05) is 33.1 Å². The molecule has 0 amide bonds. The molecule has 1 N–H and O–H groups in total. The Kier molecular flexibility index (Phi) is 10.2. The third-order valence-electron chi connectivity index (χ3n) is 6.92. The van der Waals surface area contributed by atoms with Crippen molar-refractivity contribution in [1.82, 2.24) is 4.90 Å². The highest BCUT2D eigenvalue weighted by Crippen LogP contribution is 2.38. The van der Waals surface area contributed by atoms with Gasteiger partial charge in [-0.05, 0) is 79.7 Å². The lowest BCUT2D eigenvalue weighted by atomic mass is 9.91. The van der Waals surface area contributed by atoms with Crippen LogP contribution >= 0.6 is 22.7 Å². The van der Waals surface area contributed by atoms with Crippen molar-refractivity contribution in [2.45, 2.75) is 49.9 Å². The highest BCUT2D eigenvalue weighted by atomic mass is 32.2. The molecule has 0 aliphatic heterocycles. The second-order valence-corrected chi connectivity index (χ2v) is 13.3. The van der Waals surface area contributed by atoms with Crippen LogP contribution in [0.1, 0.15) is 41.0 Å². The predicted molar refractivity (Wildman–Crippen MR) is 153 cm³/mol. The molecule has 0 saturated heterocycles. The number of thiophene rings is 2. The maximum atomic E-state index is 13.2. The van der Waals surface area contributed by atoms with Gasteiger partial charge in [-0.15, -0.1) is 22.7 Å². The van der Waals surface area contributed by atoms with Crippen molar-refractivity contribution in [3.8, 4) is 5.75 Å². The standard InChI is InChI=1S/C28H35NO7S3/c1-29(16-18-34-23-11-7-21(8-12-23)15-17-35-39(2,32)33)22-9-13-24(14-10-22)36-27(30)28(31,25-5-3-19-37-25)26-6-4-20-38-26/h3-8,11-12,19-20,22,24,31H,9-10,13-18H2,1-2H3. The monoisotopic (exact) mass is 593 g/mol. The van der Waals surface area contributed by atoms with E-state index in [4.69, 9.17) is 13.7 Å². The van der Waals surface area contributed by atoms with Gasteiger partial charge in [0.15, 0.2) is 0 Å². The SMILES string of the molecule is CN(CCOc1ccc(CCOS(C)(=O)=O)cc1)C1CCC(OC(=O)C(O)(c2cccs2)c2cccs2)CC1. The number of nitrogens with zero attached hydrogens (tertiary/aromatic N) is 1. The molecule has 0 spiro atoms. The van der Waals surface area contributed by atoms with Gasteiger partial charge in [-0.3, -0.25) is 4.18 Å². The molecule has 1 aromatic carbocycles. The lowest BCUT2D eigenvalue weighted by molar-refractivity contribution is -0.169. The topological polar surface area (TPSA) is 102 Å². The first kappa shape index (κ1) is 29.7. The average Bonchev–Trinajstić information content (AvgIpc) is 3.64. The third kappa shape index (κ3) is 8.12. The second-order valence-electron chi connectivity index (χ2n) is 9.75. The summed E-state index contributed by atoms with van der Waals surface area (Å²) >= 11 is 2.69. The minimum absolute atomic E-state index is 0.120. The van der Waals surface area contributed by atoms with Crippen molar-refractivity contribution in [2.24, 2.45) is 0 Å². The molecule has 39 heavy (non-hydrogen) atoms. The van der Waals surface area contributed by atoms with E-state index in [9.17, 15) is 18.3 Å². The molecule has 2 aromatic heterocycles. The van der Waals surface area contributed by atoms with Gasteiger partial charge < -0.3 is 19.5 Å². The van der Waals surface area contributed by atoms with Gasteiger partial charge in [-0.25, -0.2) is 4.79 Å². The number of carbonyl (C=O) groups excluding carboxylic acids is 1. The van der Waals surface area contributed by atoms with Gasteiger partial charge in [0.25, 0.3) is 10.1 Å². The number of aliphatic hydroxyl groups is 1. The van der Waals surface area contributed by atoms with Crippen molar-refractivity contribution in [1.29, 1.82) is 0 Å². The van der Waals surface area contributed by atoms with E-state index in [-0.39, 0.29) is 12.7 Å². The number of esters is 1. The number of likely N-dealkylation sites (N-methyl/N-ethyl adjacent to an activating group) is 1. The van der Waals surface area contributed by atoms with E-state index in [0.29, 0.717) is 28.8 Å². The number of hydrogen-bond acceptors (Lipinski definition) is 10. The van der Waals surface area contributed by atoms with Crippen LogP contribution in [0.15, 0.2) is 59.3 Å². The van der Waals surface area contributed by atoms with Crippen LogP contribution in [0.5, 0.6) is 5.75 Å². The van der Waals surface area contributed by atoms with Crippen molar-refractivity contribution in [3.05, 3.63) is 74.6 Å². The second kappa shape index (κ2) is 13.4. The van der Waals surface area contributed by atoms with Crippen LogP contribution in [0.3, 0.4) is 0 Å². The van der Waals surface area contributed by atoms with E-state index < -0.39 is 21.7 Å². The van der Waals surface area contributed by atoms with Gasteiger partial charge in [0.05, 0.1) is 22.6 Å². The summed E-state index contributed by atoms with van der Waals surface area (Å²) in [5.41, 5.74) is -0.792. The van der Waals surface area contributed by atoms with E-state index in [2.05, 4.69) is 11.9 Å². The normalized spacial score (nSPS) is 18.3. The van der Waals surface area contributed by atoms with Crippen molar-refractivity contribution >= 4 is 38.8 Å². The molecule has 212 valence electrons. The van der Waals surface area contributed by atoms with Crippen LogP contribution < -0.4 is 4.74 Å². The summed E-state index contributed by atoms with van der Waals surface area (Å²) in [6, 6.07) is 15.1. The molecule has 8 nitrogen and oxygen atoms in total.